The number of likely N-dealkylation sites (tertiary alicyclic amines) is 1. The van der Waals surface area contributed by atoms with E-state index in [4.69, 9.17) is 5.11 Å². The third-order valence-corrected chi connectivity index (χ3v) is 1.77. The van der Waals surface area contributed by atoms with Crippen LogP contribution in [0, 0.1) is 0 Å². The predicted octanol–water partition coefficient (Wildman–Crippen LogP) is 1.40. The molecule has 0 spiro atoms. The number of hydrogen-bond acceptors (Lipinski definition) is 1. The standard InChI is InChI=1S/C6H9F2NO2/c7-6(8)1-3-9(4-2-6)5(10)11/h1-4H2,(H,10,11). The molecule has 0 radical (unpaired) electrons. The van der Waals surface area contributed by atoms with Gasteiger partial charge in [0, 0.05) is 25.9 Å². The first-order valence-corrected chi connectivity index (χ1v) is 3.37. The Morgan fingerprint density at radius 2 is 1.82 bits per heavy atom. The van der Waals surface area contributed by atoms with E-state index in [0.29, 0.717) is 0 Å². The molecule has 0 aromatic heterocycles. The van der Waals surface area contributed by atoms with Gasteiger partial charge in [-0.05, 0) is 0 Å². The summed E-state index contributed by atoms with van der Waals surface area (Å²) in [6.45, 7) is -0.106. The van der Waals surface area contributed by atoms with Crippen molar-refractivity contribution in [3.8, 4) is 0 Å². The fourth-order valence-electron chi connectivity index (χ4n) is 1.03. The second-order valence-corrected chi connectivity index (χ2v) is 2.63. The highest BCUT2D eigenvalue weighted by Gasteiger charge is 2.35. The van der Waals surface area contributed by atoms with Crippen molar-refractivity contribution < 1.29 is 18.7 Å². The molecule has 1 saturated heterocycles. The third kappa shape index (κ3) is 2.03. The molecule has 64 valence electrons. The summed E-state index contributed by atoms with van der Waals surface area (Å²) in [5, 5.41) is 8.39. The van der Waals surface area contributed by atoms with E-state index in [9.17, 15) is 13.6 Å². The van der Waals surface area contributed by atoms with Gasteiger partial charge in [-0.2, -0.15) is 0 Å². The van der Waals surface area contributed by atoms with E-state index in [1.165, 1.54) is 0 Å². The summed E-state index contributed by atoms with van der Waals surface area (Å²) in [6.07, 6.45) is -1.81. The fourth-order valence-corrected chi connectivity index (χ4v) is 1.03. The minimum Gasteiger partial charge on any atom is -0.465 e. The summed E-state index contributed by atoms with van der Waals surface area (Å²) in [7, 11) is 0. The number of carboxylic acid groups (broad SMARTS) is 1. The van der Waals surface area contributed by atoms with Gasteiger partial charge >= 0.3 is 6.09 Å². The second kappa shape index (κ2) is 2.64. The van der Waals surface area contributed by atoms with Crippen molar-refractivity contribution in [2.24, 2.45) is 0 Å². The van der Waals surface area contributed by atoms with Gasteiger partial charge in [0.05, 0.1) is 0 Å². The Morgan fingerprint density at radius 1 is 1.36 bits per heavy atom. The van der Waals surface area contributed by atoms with Crippen LogP contribution >= 0.6 is 0 Å². The van der Waals surface area contributed by atoms with Gasteiger partial charge < -0.3 is 10.0 Å². The molecular formula is C6H9F2NO2. The van der Waals surface area contributed by atoms with Crippen LogP contribution in [0.3, 0.4) is 0 Å². The Kier molecular flexibility index (Phi) is 1.97. The summed E-state index contributed by atoms with van der Waals surface area (Å²) < 4.78 is 24.8. The van der Waals surface area contributed by atoms with Gasteiger partial charge in [0.2, 0.25) is 0 Å². The zero-order valence-electron chi connectivity index (χ0n) is 5.89. The highest BCUT2D eigenvalue weighted by Crippen LogP contribution is 2.27. The largest absolute Gasteiger partial charge is 0.465 e. The van der Waals surface area contributed by atoms with Crippen molar-refractivity contribution >= 4 is 6.09 Å². The Labute approximate surface area is 62.6 Å². The molecule has 1 N–H and O–H groups in total. The molecule has 0 unspecified atom stereocenters. The maximum absolute atomic E-state index is 12.4. The molecule has 0 aromatic carbocycles. The molecule has 0 aromatic rings. The summed E-state index contributed by atoms with van der Waals surface area (Å²) in [5.74, 6) is -2.66. The average Bonchev–Trinajstić information content (AvgIpc) is 1.86. The van der Waals surface area contributed by atoms with Crippen LogP contribution in [0.2, 0.25) is 0 Å². The molecule has 0 bridgehead atoms. The Morgan fingerprint density at radius 3 is 2.18 bits per heavy atom. The molecule has 3 nitrogen and oxygen atoms in total. The van der Waals surface area contributed by atoms with Gasteiger partial charge in [-0.1, -0.05) is 0 Å². The van der Waals surface area contributed by atoms with E-state index in [1.807, 2.05) is 0 Å². The van der Waals surface area contributed by atoms with Gasteiger partial charge in [-0.15, -0.1) is 0 Å². The summed E-state index contributed by atoms with van der Waals surface area (Å²) in [4.78, 5) is 11.3. The van der Waals surface area contributed by atoms with Crippen molar-refractivity contribution in [2.75, 3.05) is 13.1 Å². The van der Waals surface area contributed by atoms with Crippen molar-refractivity contribution in [1.82, 2.24) is 4.90 Å². The van der Waals surface area contributed by atoms with Gasteiger partial charge in [0.15, 0.2) is 0 Å². The topological polar surface area (TPSA) is 40.5 Å². The molecule has 1 amide bonds. The Balaban J connectivity index is 2.42. The van der Waals surface area contributed by atoms with E-state index in [-0.39, 0.29) is 25.9 Å². The molecular weight excluding hydrogens is 156 g/mol. The highest BCUT2D eigenvalue weighted by molar-refractivity contribution is 5.65. The number of carbonyl (C=O) groups is 1. The van der Waals surface area contributed by atoms with E-state index in [0.717, 1.165) is 4.90 Å². The van der Waals surface area contributed by atoms with Crippen molar-refractivity contribution in [3.05, 3.63) is 0 Å². The highest BCUT2D eigenvalue weighted by atomic mass is 19.3. The lowest BCUT2D eigenvalue weighted by Gasteiger charge is -2.29. The van der Waals surface area contributed by atoms with Crippen molar-refractivity contribution in [2.45, 2.75) is 18.8 Å². The molecule has 0 aliphatic carbocycles. The van der Waals surface area contributed by atoms with Crippen LogP contribution in [-0.4, -0.2) is 35.1 Å². The average molecular weight is 165 g/mol. The van der Waals surface area contributed by atoms with Crippen LogP contribution in [0.25, 0.3) is 0 Å². The van der Waals surface area contributed by atoms with Gasteiger partial charge in [0.25, 0.3) is 5.92 Å². The first-order chi connectivity index (χ1) is 5.01. The molecule has 0 atom stereocenters. The van der Waals surface area contributed by atoms with Crippen LogP contribution in [-0.2, 0) is 0 Å². The van der Waals surface area contributed by atoms with Crippen LogP contribution < -0.4 is 0 Å². The Bertz CT molecular complexity index is 162. The van der Waals surface area contributed by atoms with Crippen LogP contribution in [0.1, 0.15) is 12.8 Å². The van der Waals surface area contributed by atoms with E-state index < -0.39 is 12.0 Å². The molecule has 1 heterocycles. The molecule has 1 fully saturated rings. The monoisotopic (exact) mass is 165 g/mol. The van der Waals surface area contributed by atoms with Gasteiger partial charge in [-0.25, -0.2) is 13.6 Å². The van der Waals surface area contributed by atoms with Crippen LogP contribution in [0.4, 0.5) is 13.6 Å². The van der Waals surface area contributed by atoms with Gasteiger partial charge in [-0.3, -0.25) is 0 Å². The number of alkyl halides is 2. The Hall–Kier alpha value is -0.870. The predicted molar refractivity (Wildman–Crippen MR) is 33.8 cm³/mol. The molecule has 11 heavy (non-hydrogen) atoms. The molecule has 0 saturated carbocycles. The number of hydrogen-bond donors (Lipinski definition) is 1. The maximum atomic E-state index is 12.4. The first kappa shape index (κ1) is 8.23. The number of piperidine rings is 1. The molecule has 1 aliphatic rings. The van der Waals surface area contributed by atoms with Crippen LogP contribution in [0.15, 0.2) is 0 Å². The van der Waals surface area contributed by atoms with E-state index >= 15 is 0 Å². The number of amides is 1. The van der Waals surface area contributed by atoms with E-state index in [1.54, 1.807) is 0 Å². The zero-order chi connectivity index (χ0) is 8.48. The minimum atomic E-state index is -2.66. The molecule has 1 rings (SSSR count). The lowest BCUT2D eigenvalue weighted by molar-refractivity contribution is -0.0502. The quantitative estimate of drug-likeness (QED) is 0.589. The van der Waals surface area contributed by atoms with E-state index in [2.05, 4.69) is 0 Å². The summed E-state index contributed by atoms with van der Waals surface area (Å²) in [6, 6.07) is 0. The van der Waals surface area contributed by atoms with Gasteiger partial charge in [0.1, 0.15) is 0 Å². The number of rotatable bonds is 0. The van der Waals surface area contributed by atoms with Crippen molar-refractivity contribution in [1.29, 1.82) is 0 Å². The number of halogens is 2. The molecule has 5 heteroatoms. The second-order valence-electron chi connectivity index (χ2n) is 2.63. The third-order valence-electron chi connectivity index (χ3n) is 1.77. The fraction of sp³-hybridized carbons (Fsp3) is 0.833. The summed E-state index contributed by atoms with van der Waals surface area (Å²) in [5.41, 5.74) is 0. The SMILES string of the molecule is O=C(O)N1CCC(F)(F)CC1. The zero-order valence-corrected chi connectivity index (χ0v) is 5.89. The maximum Gasteiger partial charge on any atom is 0.407 e. The minimum absolute atomic E-state index is 0.0532. The lowest BCUT2D eigenvalue weighted by atomic mass is 10.1. The number of nitrogens with zero attached hydrogens (tertiary/aromatic N) is 1. The normalized spacial score (nSPS) is 23.3. The smallest absolute Gasteiger partial charge is 0.407 e. The molecule has 1 aliphatic heterocycles. The summed E-state index contributed by atoms with van der Waals surface area (Å²) >= 11 is 0. The lowest BCUT2D eigenvalue weighted by Crippen LogP contribution is -2.41. The van der Waals surface area contributed by atoms with Crippen molar-refractivity contribution in [3.63, 3.8) is 0 Å². The van der Waals surface area contributed by atoms with Crippen LogP contribution in [0.5, 0.6) is 0 Å². The first-order valence-electron chi connectivity index (χ1n) is 3.37.